The van der Waals surface area contributed by atoms with Crippen molar-refractivity contribution in [2.75, 3.05) is 11.9 Å². The Morgan fingerprint density at radius 3 is 2.74 bits per heavy atom. The molecule has 2 atom stereocenters. The third-order valence-corrected chi connectivity index (χ3v) is 2.71. The van der Waals surface area contributed by atoms with E-state index in [1.54, 1.807) is 13.0 Å². The number of nitro benzene ring substituents is 1. The second-order valence-corrected chi connectivity index (χ2v) is 4.67. The van der Waals surface area contributed by atoms with Crippen molar-refractivity contribution in [3.63, 3.8) is 0 Å². The highest BCUT2D eigenvalue weighted by atomic mass is 16.6. The van der Waals surface area contributed by atoms with Crippen molar-refractivity contribution in [2.45, 2.75) is 26.4 Å². The first kappa shape index (κ1) is 14.9. The molecule has 0 bridgehead atoms. The van der Waals surface area contributed by atoms with Crippen LogP contribution in [0.5, 0.6) is 0 Å². The van der Waals surface area contributed by atoms with Gasteiger partial charge in [0, 0.05) is 18.3 Å². The average Bonchev–Trinajstić information content (AvgIpc) is 2.34. The maximum absolute atomic E-state index is 10.7. The Morgan fingerprint density at radius 2 is 2.21 bits per heavy atom. The predicted molar refractivity (Wildman–Crippen MR) is 71.8 cm³/mol. The summed E-state index contributed by atoms with van der Waals surface area (Å²) in [6, 6.07) is 6.18. The molecule has 1 rings (SSSR count). The number of hydrogen-bond acceptors (Lipinski definition) is 5. The Bertz CT molecular complexity index is 494. The van der Waals surface area contributed by atoms with Gasteiger partial charge in [-0.15, -0.1) is 0 Å². The van der Waals surface area contributed by atoms with Crippen molar-refractivity contribution in [1.29, 1.82) is 5.26 Å². The molecule has 0 saturated heterocycles. The first-order chi connectivity index (χ1) is 8.93. The molecule has 0 aliphatic heterocycles. The lowest BCUT2D eigenvalue weighted by molar-refractivity contribution is -0.385. The number of rotatable bonds is 6. The molecule has 102 valence electrons. The number of anilines is 1. The van der Waals surface area contributed by atoms with E-state index in [-0.39, 0.29) is 23.3 Å². The number of nitrogens with one attached hydrogen (secondary N) is 1. The van der Waals surface area contributed by atoms with Gasteiger partial charge in [0.25, 0.3) is 5.69 Å². The summed E-state index contributed by atoms with van der Waals surface area (Å²) in [7, 11) is 0. The number of aliphatic hydroxyl groups is 1. The summed E-state index contributed by atoms with van der Waals surface area (Å²) in [6.07, 6.45) is 0.314. The van der Waals surface area contributed by atoms with E-state index in [4.69, 9.17) is 5.26 Å². The minimum atomic E-state index is -0.571. The van der Waals surface area contributed by atoms with Gasteiger partial charge in [-0.05, 0) is 31.4 Å². The standard InChI is InChI=1S/C13H17N3O3/c1-9(5-10(2)17)8-15-12-3-4-13(16(18)19)11(6-12)7-14/h3-4,6,9-10,15,17H,5,8H2,1-2H3/t9-,10+/m1/s1. The zero-order chi connectivity index (χ0) is 14.4. The lowest BCUT2D eigenvalue weighted by Gasteiger charge is -2.15. The first-order valence-corrected chi connectivity index (χ1v) is 6.04. The van der Waals surface area contributed by atoms with Gasteiger partial charge in [-0.3, -0.25) is 10.1 Å². The van der Waals surface area contributed by atoms with Gasteiger partial charge in [0.1, 0.15) is 11.6 Å². The molecule has 0 saturated carbocycles. The number of hydrogen-bond donors (Lipinski definition) is 2. The molecule has 0 amide bonds. The third-order valence-electron chi connectivity index (χ3n) is 2.71. The largest absolute Gasteiger partial charge is 0.393 e. The second-order valence-electron chi connectivity index (χ2n) is 4.67. The molecule has 2 N–H and O–H groups in total. The van der Waals surface area contributed by atoms with Crippen molar-refractivity contribution in [1.82, 2.24) is 0 Å². The maximum atomic E-state index is 10.7. The minimum Gasteiger partial charge on any atom is -0.393 e. The van der Waals surface area contributed by atoms with Crippen LogP contribution >= 0.6 is 0 Å². The van der Waals surface area contributed by atoms with Gasteiger partial charge < -0.3 is 10.4 Å². The van der Waals surface area contributed by atoms with Gasteiger partial charge in [-0.25, -0.2) is 0 Å². The van der Waals surface area contributed by atoms with Crippen LogP contribution in [-0.2, 0) is 0 Å². The second kappa shape index (κ2) is 6.71. The molecule has 19 heavy (non-hydrogen) atoms. The van der Waals surface area contributed by atoms with Gasteiger partial charge in [-0.1, -0.05) is 6.92 Å². The maximum Gasteiger partial charge on any atom is 0.287 e. The molecule has 0 aliphatic carbocycles. The third kappa shape index (κ3) is 4.56. The van der Waals surface area contributed by atoms with Crippen LogP contribution in [0.3, 0.4) is 0 Å². The zero-order valence-electron chi connectivity index (χ0n) is 11.0. The van der Waals surface area contributed by atoms with Gasteiger partial charge in [0.15, 0.2) is 0 Å². The molecule has 0 heterocycles. The minimum absolute atomic E-state index is 0.0400. The van der Waals surface area contributed by atoms with Crippen LogP contribution in [0.2, 0.25) is 0 Å². The van der Waals surface area contributed by atoms with Crippen LogP contribution in [0.25, 0.3) is 0 Å². The topological polar surface area (TPSA) is 99.2 Å². The Kier molecular flexibility index (Phi) is 5.27. The van der Waals surface area contributed by atoms with Crippen molar-refractivity contribution < 1.29 is 10.0 Å². The first-order valence-electron chi connectivity index (χ1n) is 6.04. The Balaban J connectivity index is 2.71. The molecule has 0 aromatic heterocycles. The van der Waals surface area contributed by atoms with Gasteiger partial charge in [0.2, 0.25) is 0 Å². The van der Waals surface area contributed by atoms with Crippen LogP contribution in [0.1, 0.15) is 25.8 Å². The van der Waals surface area contributed by atoms with E-state index < -0.39 is 4.92 Å². The van der Waals surface area contributed by atoms with E-state index in [1.165, 1.54) is 12.1 Å². The van der Waals surface area contributed by atoms with Crippen LogP contribution < -0.4 is 5.32 Å². The van der Waals surface area contributed by atoms with Gasteiger partial charge in [0.05, 0.1) is 11.0 Å². The molecule has 1 aromatic rings. The van der Waals surface area contributed by atoms with E-state index in [9.17, 15) is 15.2 Å². The molecule has 6 heteroatoms. The van der Waals surface area contributed by atoms with E-state index in [0.29, 0.717) is 18.7 Å². The van der Waals surface area contributed by atoms with Crippen molar-refractivity contribution in [2.24, 2.45) is 5.92 Å². The summed E-state index contributed by atoms with van der Waals surface area (Å²) in [4.78, 5) is 10.1. The Labute approximate surface area is 111 Å². The highest BCUT2D eigenvalue weighted by molar-refractivity contribution is 5.58. The van der Waals surface area contributed by atoms with Gasteiger partial charge in [-0.2, -0.15) is 5.26 Å². The highest BCUT2D eigenvalue weighted by Gasteiger charge is 2.14. The van der Waals surface area contributed by atoms with Crippen LogP contribution in [0.4, 0.5) is 11.4 Å². The van der Waals surface area contributed by atoms with Crippen molar-refractivity contribution in [3.05, 3.63) is 33.9 Å². The normalized spacial score (nSPS) is 13.4. The molecular weight excluding hydrogens is 246 g/mol. The van der Waals surface area contributed by atoms with Crippen molar-refractivity contribution in [3.8, 4) is 6.07 Å². The number of aliphatic hydroxyl groups excluding tert-OH is 1. The number of benzene rings is 1. The van der Waals surface area contributed by atoms with Gasteiger partial charge >= 0.3 is 0 Å². The van der Waals surface area contributed by atoms with E-state index in [1.807, 2.05) is 13.0 Å². The number of nitrogens with zero attached hydrogens (tertiary/aromatic N) is 2. The molecule has 0 unspecified atom stereocenters. The van der Waals surface area contributed by atoms with Crippen LogP contribution in [0.15, 0.2) is 18.2 Å². The smallest absolute Gasteiger partial charge is 0.287 e. The molecule has 1 aromatic carbocycles. The fourth-order valence-electron chi connectivity index (χ4n) is 1.85. The molecule has 0 spiro atoms. The number of nitriles is 1. The lowest BCUT2D eigenvalue weighted by Crippen LogP contribution is -2.16. The van der Waals surface area contributed by atoms with Crippen LogP contribution in [0, 0.1) is 27.4 Å². The average molecular weight is 263 g/mol. The van der Waals surface area contributed by atoms with E-state index in [2.05, 4.69) is 5.32 Å². The summed E-state index contributed by atoms with van der Waals surface area (Å²) in [6.45, 7) is 4.36. The predicted octanol–water partition coefficient (Wildman–Crippen LogP) is 2.29. The van der Waals surface area contributed by atoms with E-state index >= 15 is 0 Å². The fourth-order valence-corrected chi connectivity index (χ4v) is 1.85. The highest BCUT2D eigenvalue weighted by Crippen LogP contribution is 2.22. The molecule has 6 nitrogen and oxygen atoms in total. The lowest BCUT2D eigenvalue weighted by atomic mass is 10.0. The van der Waals surface area contributed by atoms with E-state index in [0.717, 1.165) is 0 Å². The number of nitro groups is 1. The quantitative estimate of drug-likeness (QED) is 0.606. The Morgan fingerprint density at radius 1 is 1.53 bits per heavy atom. The van der Waals surface area contributed by atoms with Crippen molar-refractivity contribution >= 4 is 11.4 Å². The summed E-state index contributed by atoms with van der Waals surface area (Å²) < 4.78 is 0. The molecule has 0 aliphatic rings. The monoisotopic (exact) mass is 263 g/mol. The Hall–Kier alpha value is -2.13. The summed E-state index contributed by atoms with van der Waals surface area (Å²) in [5.74, 6) is 0.265. The zero-order valence-corrected chi connectivity index (χ0v) is 11.0. The molecule has 0 radical (unpaired) electrons. The van der Waals surface area contributed by atoms with Crippen LogP contribution in [-0.4, -0.2) is 22.7 Å². The summed E-state index contributed by atoms with van der Waals surface area (Å²) in [5.41, 5.74) is 0.517. The SMILES string of the molecule is C[C@@H](CNc1ccc([N+](=O)[O-])c(C#N)c1)C[C@H](C)O. The summed E-state index contributed by atoms with van der Waals surface area (Å²) in [5, 5.41) is 31.9. The molecular formula is C13H17N3O3. The molecule has 0 fully saturated rings. The summed E-state index contributed by atoms with van der Waals surface area (Å²) >= 11 is 0. The fraction of sp³-hybridized carbons (Fsp3) is 0.462.